The summed E-state index contributed by atoms with van der Waals surface area (Å²) in [5, 5.41) is 4.74. The van der Waals surface area contributed by atoms with Crippen LogP contribution in [0.25, 0.3) is 10.9 Å². The molecule has 0 aliphatic heterocycles. The number of ether oxygens (including phenoxy) is 2. The lowest BCUT2D eigenvalue weighted by Crippen LogP contribution is -2.23. The molecule has 1 heterocycles. The summed E-state index contributed by atoms with van der Waals surface area (Å²) in [5.41, 5.74) is 2.55. The van der Waals surface area contributed by atoms with Crippen LogP contribution < -0.4 is 14.8 Å². The third kappa shape index (κ3) is 4.09. The Hall–Kier alpha value is -2.46. The van der Waals surface area contributed by atoms with Crippen molar-refractivity contribution in [3.05, 3.63) is 60.3 Å². The molecule has 0 saturated heterocycles. The highest BCUT2D eigenvalue weighted by Gasteiger charge is 2.04. The first-order valence-corrected chi connectivity index (χ1v) is 8.49. The molecule has 0 aliphatic rings. The van der Waals surface area contributed by atoms with Crippen LogP contribution in [0.15, 0.2) is 54.7 Å². The van der Waals surface area contributed by atoms with Crippen LogP contribution in [0.1, 0.15) is 12.5 Å². The van der Waals surface area contributed by atoms with Crippen molar-refractivity contribution in [1.82, 2.24) is 10.3 Å². The van der Waals surface area contributed by atoms with Gasteiger partial charge >= 0.3 is 0 Å². The highest BCUT2D eigenvalue weighted by molar-refractivity contribution is 5.83. The van der Waals surface area contributed by atoms with Crippen molar-refractivity contribution in [2.24, 2.45) is 0 Å². The molecule has 0 aliphatic carbocycles. The van der Waals surface area contributed by atoms with E-state index in [1.165, 1.54) is 16.5 Å². The molecule has 2 aromatic carbocycles. The van der Waals surface area contributed by atoms with Gasteiger partial charge in [-0.3, -0.25) is 0 Å². The molecule has 4 nitrogen and oxygen atoms in total. The SMILES string of the molecule is CCOc1ccccc1OCCNCCc1c[nH]c2ccccc12. The predicted molar refractivity (Wildman–Crippen MR) is 98.0 cm³/mol. The average Bonchev–Trinajstić information content (AvgIpc) is 3.03. The van der Waals surface area contributed by atoms with Gasteiger partial charge in [-0.15, -0.1) is 0 Å². The van der Waals surface area contributed by atoms with Crippen LogP contribution in [0.4, 0.5) is 0 Å². The van der Waals surface area contributed by atoms with Crippen molar-refractivity contribution in [3.63, 3.8) is 0 Å². The molecular formula is C20H24N2O2. The number of para-hydroxylation sites is 3. The van der Waals surface area contributed by atoms with Gasteiger partial charge in [0.1, 0.15) is 6.61 Å². The Morgan fingerprint density at radius 2 is 1.67 bits per heavy atom. The highest BCUT2D eigenvalue weighted by atomic mass is 16.5. The van der Waals surface area contributed by atoms with E-state index in [9.17, 15) is 0 Å². The van der Waals surface area contributed by atoms with E-state index >= 15 is 0 Å². The van der Waals surface area contributed by atoms with Crippen LogP contribution >= 0.6 is 0 Å². The number of hydrogen-bond donors (Lipinski definition) is 2. The van der Waals surface area contributed by atoms with Crippen molar-refractivity contribution in [2.75, 3.05) is 26.3 Å². The molecule has 0 radical (unpaired) electrons. The normalized spacial score (nSPS) is 10.9. The molecule has 3 aromatic rings. The molecule has 1 aromatic heterocycles. The summed E-state index contributed by atoms with van der Waals surface area (Å²) in [6.07, 6.45) is 3.10. The molecule has 4 heteroatoms. The first kappa shape index (κ1) is 16.4. The Balaban J connectivity index is 1.40. The molecule has 126 valence electrons. The van der Waals surface area contributed by atoms with Crippen LogP contribution in [0.5, 0.6) is 11.5 Å². The number of benzene rings is 2. The maximum atomic E-state index is 5.80. The lowest BCUT2D eigenvalue weighted by atomic mass is 10.1. The predicted octanol–water partition coefficient (Wildman–Crippen LogP) is 3.78. The van der Waals surface area contributed by atoms with Crippen LogP contribution in [0.2, 0.25) is 0 Å². The Morgan fingerprint density at radius 1 is 0.917 bits per heavy atom. The van der Waals surface area contributed by atoms with Gasteiger partial charge in [-0.1, -0.05) is 30.3 Å². The van der Waals surface area contributed by atoms with Gasteiger partial charge in [-0.2, -0.15) is 0 Å². The monoisotopic (exact) mass is 324 g/mol. The fourth-order valence-corrected chi connectivity index (χ4v) is 2.76. The fourth-order valence-electron chi connectivity index (χ4n) is 2.76. The molecule has 0 spiro atoms. The van der Waals surface area contributed by atoms with Crippen LogP contribution in [-0.2, 0) is 6.42 Å². The Morgan fingerprint density at radius 3 is 2.50 bits per heavy atom. The molecule has 2 N–H and O–H groups in total. The van der Waals surface area contributed by atoms with Crippen molar-refractivity contribution in [3.8, 4) is 11.5 Å². The number of H-pyrrole nitrogens is 1. The number of nitrogens with one attached hydrogen (secondary N) is 2. The van der Waals surface area contributed by atoms with Crippen LogP contribution in [0.3, 0.4) is 0 Å². The molecular weight excluding hydrogens is 300 g/mol. The van der Waals surface area contributed by atoms with E-state index in [1.807, 2.05) is 31.2 Å². The third-order valence-corrected chi connectivity index (χ3v) is 3.93. The molecule has 0 bridgehead atoms. The third-order valence-electron chi connectivity index (χ3n) is 3.93. The fraction of sp³-hybridized carbons (Fsp3) is 0.300. The van der Waals surface area contributed by atoms with Crippen molar-refractivity contribution < 1.29 is 9.47 Å². The van der Waals surface area contributed by atoms with Crippen LogP contribution in [-0.4, -0.2) is 31.3 Å². The quantitative estimate of drug-likeness (QED) is 0.589. The summed E-state index contributed by atoms with van der Waals surface area (Å²) >= 11 is 0. The molecule has 0 amide bonds. The Kier molecular flexibility index (Phi) is 5.75. The minimum absolute atomic E-state index is 0.623. The van der Waals surface area contributed by atoms with Gasteiger partial charge in [0.15, 0.2) is 11.5 Å². The van der Waals surface area contributed by atoms with Crippen molar-refractivity contribution in [1.29, 1.82) is 0 Å². The zero-order valence-corrected chi connectivity index (χ0v) is 14.0. The smallest absolute Gasteiger partial charge is 0.161 e. The van der Waals surface area contributed by atoms with Gasteiger partial charge in [-0.05, 0) is 43.7 Å². The molecule has 0 saturated carbocycles. The number of rotatable bonds is 9. The van der Waals surface area contributed by atoms with Gasteiger partial charge in [0.05, 0.1) is 6.61 Å². The van der Waals surface area contributed by atoms with E-state index in [4.69, 9.17) is 9.47 Å². The van der Waals surface area contributed by atoms with Gasteiger partial charge in [0.25, 0.3) is 0 Å². The summed E-state index contributed by atoms with van der Waals surface area (Å²) in [5.74, 6) is 1.61. The van der Waals surface area contributed by atoms with Gasteiger partial charge in [0, 0.05) is 23.6 Å². The summed E-state index contributed by atoms with van der Waals surface area (Å²) in [4.78, 5) is 3.31. The van der Waals surface area contributed by atoms with E-state index in [1.54, 1.807) is 0 Å². The average molecular weight is 324 g/mol. The van der Waals surface area contributed by atoms with Gasteiger partial charge < -0.3 is 19.8 Å². The summed E-state index contributed by atoms with van der Waals surface area (Å²) in [6, 6.07) is 16.2. The zero-order chi connectivity index (χ0) is 16.6. The van der Waals surface area contributed by atoms with E-state index in [0.29, 0.717) is 13.2 Å². The number of aromatic nitrogens is 1. The number of hydrogen-bond acceptors (Lipinski definition) is 3. The first-order valence-electron chi connectivity index (χ1n) is 8.49. The second kappa shape index (κ2) is 8.41. The standard InChI is InChI=1S/C20H24N2O2/c1-2-23-19-9-5-6-10-20(19)24-14-13-21-12-11-16-15-22-18-8-4-3-7-17(16)18/h3-10,15,21-22H,2,11-14H2,1H3. The van der Waals surface area contributed by atoms with Gasteiger partial charge in [0.2, 0.25) is 0 Å². The lowest BCUT2D eigenvalue weighted by molar-refractivity contribution is 0.276. The molecule has 0 unspecified atom stereocenters. The number of aromatic amines is 1. The van der Waals surface area contributed by atoms with Crippen molar-refractivity contribution >= 4 is 10.9 Å². The second-order valence-electron chi connectivity index (χ2n) is 5.59. The van der Waals surface area contributed by atoms with E-state index in [0.717, 1.165) is 31.0 Å². The highest BCUT2D eigenvalue weighted by Crippen LogP contribution is 2.26. The second-order valence-corrected chi connectivity index (χ2v) is 5.59. The van der Waals surface area contributed by atoms with Crippen LogP contribution in [0, 0.1) is 0 Å². The molecule has 0 atom stereocenters. The van der Waals surface area contributed by atoms with E-state index in [2.05, 4.69) is 40.8 Å². The summed E-state index contributed by atoms with van der Waals surface area (Å²) in [7, 11) is 0. The largest absolute Gasteiger partial charge is 0.490 e. The maximum absolute atomic E-state index is 5.80. The molecule has 3 rings (SSSR count). The van der Waals surface area contributed by atoms with E-state index < -0.39 is 0 Å². The minimum atomic E-state index is 0.623. The van der Waals surface area contributed by atoms with Crippen molar-refractivity contribution in [2.45, 2.75) is 13.3 Å². The zero-order valence-electron chi connectivity index (χ0n) is 14.0. The van der Waals surface area contributed by atoms with Gasteiger partial charge in [-0.25, -0.2) is 0 Å². The Bertz CT molecular complexity index is 767. The lowest BCUT2D eigenvalue weighted by Gasteiger charge is -2.11. The first-order chi connectivity index (χ1) is 11.9. The molecule has 0 fully saturated rings. The molecule has 24 heavy (non-hydrogen) atoms. The topological polar surface area (TPSA) is 46.3 Å². The Labute approximate surface area is 142 Å². The summed E-state index contributed by atoms with van der Waals surface area (Å²) in [6.45, 7) is 4.98. The number of fused-ring (bicyclic) bond motifs is 1. The summed E-state index contributed by atoms with van der Waals surface area (Å²) < 4.78 is 11.4. The minimum Gasteiger partial charge on any atom is -0.490 e. The maximum Gasteiger partial charge on any atom is 0.161 e. The van der Waals surface area contributed by atoms with E-state index in [-0.39, 0.29) is 0 Å².